The molecule has 9 heteroatoms. The molecule has 0 radical (unpaired) electrons. The first-order valence-electron chi connectivity index (χ1n) is 5.82. The van der Waals surface area contributed by atoms with Crippen LogP contribution in [-0.4, -0.2) is 15.0 Å². The van der Waals surface area contributed by atoms with Gasteiger partial charge in [0.15, 0.2) is 5.82 Å². The van der Waals surface area contributed by atoms with Crippen molar-refractivity contribution in [2.75, 3.05) is 5.73 Å². The van der Waals surface area contributed by atoms with E-state index in [0.29, 0.717) is 32.9 Å². The van der Waals surface area contributed by atoms with Crippen LogP contribution in [0.3, 0.4) is 0 Å². The van der Waals surface area contributed by atoms with Crippen LogP contribution in [-0.2, 0) is 11.4 Å². The standard InChI is InChI=1S/C11H10Cl2N6S/c1-4(2)9-11(14)15-18-19(9)10-6(13)3-5(12)7-8(10)17-20-16-7/h3-4H,14H2,1-2H3. The second-order valence-corrected chi connectivity index (χ2v) is 5.92. The maximum absolute atomic E-state index is 6.31. The fourth-order valence-electron chi connectivity index (χ4n) is 2.07. The zero-order chi connectivity index (χ0) is 14.4. The summed E-state index contributed by atoms with van der Waals surface area (Å²) in [5.41, 5.74) is 8.46. The second-order valence-electron chi connectivity index (χ2n) is 4.58. The molecule has 0 amide bonds. The molecule has 0 atom stereocenters. The number of anilines is 1. The van der Waals surface area contributed by atoms with Crippen LogP contribution < -0.4 is 5.73 Å². The number of nitrogens with two attached hydrogens (primary N) is 1. The highest BCUT2D eigenvalue weighted by atomic mass is 35.5. The lowest BCUT2D eigenvalue weighted by atomic mass is 10.1. The maximum Gasteiger partial charge on any atom is 0.169 e. The molecule has 104 valence electrons. The van der Waals surface area contributed by atoms with Crippen molar-refractivity contribution < 1.29 is 0 Å². The van der Waals surface area contributed by atoms with Gasteiger partial charge in [-0.05, 0) is 12.0 Å². The predicted octanol–water partition coefficient (Wildman–Crippen LogP) is 4.01. The maximum atomic E-state index is 6.31. The third-order valence-corrected chi connectivity index (χ3v) is 4.01. The molecular weight excluding hydrogens is 319 g/mol. The minimum atomic E-state index is 0.137. The molecule has 0 bridgehead atoms. The van der Waals surface area contributed by atoms with Crippen LogP contribution in [0.25, 0.3) is 5.69 Å². The molecular formula is C11H10Cl2N6S. The van der Waals surface area contributed by atoms with Crippen LogP contribution in [0.4, 0.5) is 17.2 Å². The topological polar surface area (TPSA) is 81.5 Å². The van der Waals surface area contributed by atoms with E-state index >= 15 is 0 Å². The highest BCUT2D eigenvalue weighted by molar-refractivity contribution is 7.58. The Morgan fingerprint density at radius 3 is 2.60 bits per heavy atom. The summed E-state index contributed by atoms with van der Waals surface area (Å²) in [5.74, 6) is 0.515. The van der Waals surface area contributed by atoms with Gasteiger partial charge in [-0.15, -0.1) is 5.10 Å². The molecule has 2 N–H and O–H groups in total. The van der Waals surface area contributed by atoms with Crippen molar-refractivity contribution in [1.82, 2.24) is 15.0 Å². The van der Waals surface area contributed by atoms with Gasteiger partial charge in [0.2, 0.25) is 0 Å². The average molecular weight is 329 g/mol. The molecule has 1 aliphatic heterocycles. The number of halogens is 2. The summed E-state index contributed by atoms with van der Waals surface area (Å²) in [6, 6.07) is 1.63. The van der Waals surface area contributed by atoms with E-state index in [1.54, 1.807) is 10.7 Å². The van der Waals surface area contributed by atoms with Crippen molar-refractivity contribution in [2.45, 2.75) is 19.8 Å². The Morgan fingerprint density at radius 1 is 1.20 bits per heavy atom. The molecule has 0 aliphatic carbocycles. The minimum Gasteiger partial charge on any atom is -0.381 e. The molecule has 2 aromatic rings. The highest BCUT2D eigenvalue weighted by Crippen LogP contribution is 2.46. The number of nitrogens with zero attached hydrogens (tertiary/aromatic N) is 5. The molecule has 0 fully saturated rings. The number of benzene rings is 1. The average Bonchev–Trinajstić information content (AvgIpc) is 2.96. The monoisotopic (exact) mass is 328 g/mol. The number of hydrogen-bond donors (Lipinski definition) is 1. The van der Waals surface area contributed by atoms with E-state index in [-0.39, 0.29) is 5.92 Å². The van der Waals surface area contributed by atoms with Crippen LogP contribution in [0.15, 0.2) is 14.8 Å². The summed E-state index contributed by atoms with van der Waals surface area (Å²) in [6.07, 6.45) is 0. The Morgan fingerprint density at radius 2 is 1.90 bits per heavy atom. The first kappa shape index (κ1) is 13.5. The van der Waals surface area contributed by atoms with Gasteiger partial charge in [-0.2, -0.15) is 8.73 Å². The van der Waals surface area contributed by atoms with E-state index in [1.807, 2.05) is 13.8 Å². The second kappa shape index (κ2) is 4.83. The largest absolute Gasteiger partial charge is 0.381 e. The Labute approximate surface area is 128 Å². The Balaban J connectivity index is 2.33. The third kappa shape index (κ3) is 1.93. The first-order valence-corrected chi connectivity index (χ1v) is 7.31. The zero-order valence-corrected chi connectivity index (χ0v) is 13.0. The van der Waals surface area contributed by atoms with Crippen molar-refractivity contribution in [3.05, 3.63) is 21.8 Å². The highest BCUT2D eigenvalue weighted by Gasteiger charge is 2.24. The van der Waals surface area contributed by atoms with E-state index in [0.717, 1.165) is 17.0 Å². The molecule has 0 spiro atoms. The quantitative estimate of drug-likeness (QED) is 0.771. The molecule has 3 rings (SSSR count). The van der Waals surface area contributed by atoms with Gasteiger partial charge in [0.25, 0.3) is 0 Å². The van der Waals surface area contributed by atoms with Gasteiger partial charge in [-0.25, -0.2) is 4.68 Å². The van der Waals surface area contributed by atoms with Crippen molar-refractivity contribution in [1.29, 1.82) is 0 Å². The SMILES string of the molecule is CC(C)c1c(N)nnn1-c1c(Cl)cc(Cl)c2c1N=S=N2. The van der Waals surface area contributed by atoms with Crippen molar-refractivity contribution in [2.24, 2.45) is 8.73 Å². The molecule has 2 heterocycles. The van der Waals surface area contributed by atoms with Gasteiger partial charge in [0.1, 0.15) is 17.1 Å². The van der Waals surface area contributed by atoms with E-state index in [4.69, 9.17) is 28.9 Å². The lowest BCUT2D eigenvalue weighted by Gasteiger charge is -2.13. The van der Waals surface area contributed by atoms with Crippen molar-refractivity contribution in [3.8, 4) is 5.69 Å². The lowest BCUT2D eigenvalue weighted by molar-refractivity contribution is 0.717. The summed E-state index contributed by atoms with van der Waals surface area (Å²) in [4.78, 5) is 0. The summed E-state index contributed by atoms with van der Waals surface area (Å²) >= 11 is 13.5. The zero-order valence-electron chi connectivity index (χ0n) is 10.6. The van der Waals surface area contributed by atoms with Gasteiger partial charge >= 0.3 is 0 Å². The number of fused-ring (bicyclic) bond motifs is 1. The molecule has 0 saturated heterocycles. The van der Waals surface area contributed by atoms with Crippen LogP contribution >= 0.6 is 23.2 Å². The normalized spacial score (nSPS) is 12.8. The molecule has 1 aliphatic rings. The van der Waals surface area contributed by atoms with Crippen molar-refractivity contribution in [3.63, 3.8) is 0 Å². The predicted molar refractivity (Wildman–Crippen MR) is 81.4 cm³/mol. The fourth-order valence-corrected chi connectivity index (χ4v) is 3.26. The van der Waals surface area contributed by atoms with Crippen LogP contribution in [0.2, 0.25) is 10.0 Å². The summed E-state index contributed by atoms with van der Waals surface area (Å²) in [7, 11) is 0. The van der Waals surface area contributed by atoms with E-state index in [1.165, 1.54) is 0 Å². The minimum absolute atomic E-state index is 0.137. The third-order valence-electron chi connectivity index (χ3n) is 2.91. The number of aromatic nitrogens is 3. The summed E-state index contributed by atoms with van der Waals surface area (Å²) < 4.78 is 10.0. The number of rotatable bonds is 2. The molecule has 1 aromatic carbocycles. The van der Waals surface area contributed by atoms with E-state index < -0.39 is 0 Å². The van der Waals surface area contributed by atoms with Crippen LogP contribution in [0.5, 0.6) is 0 Å². The Hall–Kier alpha value is -1.44. The molecule has 20 heavy (non-hydrogen) atoms. The van der Waals surface area contributed by atoms with Crippen LogP contribution in [0, 0.1) is 0 Å². The number of hydrogen-bond acceptors (Lipinski definition) is 5. The molecule has 0 saturated carbocycles. The van der Waals surface area contributed by atoms with Gasteiger partial charge in [0, 0.05) is 0 Å². The molecule has 0 unspecified atom stereocenters. The van der Waals surface area contributed by atoms with Gasteiger partial charge in [-0.1, -0.05) is 42.3 Å². The Bertz CT molecular complexity index is 776. The van der Waals surface area contributed by atoms with E-state index in [2.05, 4.69) is 19.0 Å². The molecule has 6 nitrogen and oxygen atoms in total. The first-order chi connectivity index (χ1) is 9.50. The van der Waals surface area contributed by atoms with Gasteiger partial charge < -0.3 is 5.73 Å². The summed E-state index contributed by atoms with van der Waals surface area (Å²) in [5, 5.41) is 8.89. The van der Waals surface area contributed by atoms with Crippen LogP contribution in [0.1, 0.15) is 25.5 Å². The van der Waals surface area contributed by atoms with Gasteiger partial charge in [-0.3, -0.25) is 0 Å². The molecule has 1 aromatic heterocycles. The van der Waals surface area contributed by atoms with E-state index in [9.17, 15) is 0 Å². The fraction of sp³-hybridized carbons (Fsp3) is 0.273. The van der Waals surface area contributed by atoms with Crippen molar-refractivity contribution >= 4 is 51.7 Å². The van der Waals surface area contributed by atoms with Gasteiger partial charge in [0.05, 0.1) is 27.1 Å². The Kier molecular flexibility index (Phi) is 3.27. The lowest BCUT2D eigenvalue weighted by Crippen LogP contribution is -2.06. The number of nitrogen functional groups attached to an aromatic ring is 1. The summed E-state index contributed by atoms with van der Waals surface area (Å²) in [6.45, 7) is 4.01. The smallest absolute Gasteiger partial charge is 0.169 e.